The zero-order chi connectivity index (χ0) is 21.3. The van der Waals surface area contributed by atoms with Crippen LogP contribution in [0.25, 0.3) is 21.6 Å². The van der Waals surface area contributed by atoms with E-state index in [0.29, 0.717) is 24.1 Å². The predicted molar refractivity (Wildman–Crippen MR) is 118 cm³/mol. The molecule has 0 radical (unpaired) electrons. The standard InChI is InChI=1S/C22H21N5O2S/c1-4-27-12-17(19(28)16-8-7-13(2)25-20(16)27)21(29)24-11-18-14(3)26-22(30-18)15-6-5-9-23-10-15/h5-10,12H,4,11H2,1-3H3,(H,24,29). The van der Waals surface area contributed by atoms with Gasteiger partial charge >= 0.3 is 0 Å². The zero-order valence-electron chi connectivity index (χ0n) is 17.0. The first kappa shape index (κ1) is 19.9. The third-order valence-electron chi connectivity index (χ3n) is 4.86. The van der Waals surface area contributed by atoms with Crippen molar-refractivity contribution in [2.75, 3.05) is 0 Å². The molecular weight excluding hydrogens is 398 g/mol. The van der Waals surface area contributed by atoms with Crippen LogP contribution < -0.4 is 10.7 Å². The van der Waals surface area contributed by atoms with Gasteiger partial charge in [-0.05, 0) is 45.0 Å². The first-order chi connectivity index (χ1) is 14.5. The molecule has 0 spiro atoms. The lowest BCUT2D eigenvalue weighted by Crippen LogP contribution is -2.29. The SMILES string of the molecule is CCn1cc(C(=O)NCc2sc(-c3cccnc3)nc2C)c(=O)c2ccc(C)nc21. The van der Waals surface area contributed by atoms with Crippen molar-refractivity contribution in [1.82, 2.24) is 24.8 Å². The van der Waals surface area contributed by atoms with Crippen LogP contribution in [0.3, 0.4) is 0 Å². The number of carbonyl (C=O) groups excluding carboxylic acids is 1. The molecule has 0 saturated heterocycles. The van der Waals surface area contributed by atoms with Crippen molar-refractivity contribution in [1.29, 1.82) is 0 Å². The van der Waals surface area contributed by atoms with Gasteiger partial charge in [-0.3, -0.25) is 14.6 Å². The fraction of sp³-hybridized carbons (Fsp3) is 0.227. The number of nitrogens with zero attached hydrogens (tertiary/aromatic N) is 4. The van der Waals surface area contributed by atoms with E-state index in [-0.39, 0.29) is 11.0 Å². The highest BCUT2D eigenvalue weighted by Gasteiger charge is 2.17. The van der Waals surface area contributed by atoms with Crippen LogP contribution in [-0.4, -0.2) is 25.4 Å². The highest BCUT2D eigenvalue weighted by molar-refractivity contribution is 7.15. The number of fused-ring (bicyclic) bond motifs is 1. The van der Waals surface area contributed by atoms with Crippen LogP contribution in [0, 0.1) is 13.8 Å². The number of carbonyl (C=O) groups is 1. The summed E-state index contributed by atoms with van der Waals surface area (Å²) in [7, 11) is 0. The van der Waals surface area contributed by atoms with E-state index in [1.165, 1.54) is 11.3 Å². The largest absolute Gasteiger partial charge is 0.347 e. The molecule has 8 heteroatoms. The molecule has 0 fully saturated rings. The number of aromatic nitrogens is 4. The third kappa shape index (κ3) is 3.73. The quantitative estimate of drug-likeness (QED) is 0.535. The van der Waals surface area contributed by atoms with Crippen molar-refractivity contribution >= 4 is 28.3 Å². The topological polar surface area (TPSA) is 89.8 Å². The van der Waals surface area contributed by atoms with Crippen molar-refractivity contribution in [3.8, 4) is 10.6 Å². The maximum Gasteiger partial charge on any atom is 0.257 e. The van der Waals surface area contributed by atoms with Gasteiger partial charge < -0.3 is 9.88 Å². The van der Waals surface area contributed by atoms with Gasteiger partial charge in [-0.25, -0.2) is 9.97 Å². The van der Waals surface area contributed by atoms with E-state index in [1.54, 1.807) is 30.7 Å². The second-order valence-corrected chi connectivity index (χ2v) is 8.02. The maximum atomic E-state index is 12.9. The zero-order valence-corrected chi connectivity index (χ0v) is 17.8. The molecule has 0 atom stereocenters. The summed E-state index contributed by atoms with van der Waals surface area (Å²) in [6.07, 6.45) is 5.07. The summed E-state index contributed by atoms with van der Waals surface area (Å²) in [5, 5.41) is 4.17. The first-order valence-corrected chi connectivity index (χ1v) is 10.4. The second-order valence-electron chi connectivity index (χ2n) is 6.93. The van der Waals surface area contributed by atoms with Crippen molar-refractivity contribution in [2.45, 2.75) is 33.9 Å². The van der Waals surface area contributed by atoms with Gasteiger partial charge in [0.2, 0.25) is 5.43 Å². The first-order valence-electron chi connectivity index (χ1n) is 9.63. The molecule has 0 bridgehead atoms. The van der Waals surface area contributed by atoms with Gasteiger partial charge in [0.25, 0.3) is 5.91 Å². The van der Waals surface area contributed by atoms with Crippen LogP contribution in [0.1, 0.15) is 33.5 Å². The van der Waals surface area contributed by atoms with Gasteiger partial charge in [-0.15, -0.1) is 11.3 Å². The van der Waals surface area contributed by atoms with Crippen LogP contribution in [-0.2, 0) is 13.1 Å². The van der Waals surface area contributed by atoms with Crippen LogP contribution >= 0.6 is 11.3 Å². The van der Waals surface area contributed by atoms with Gasteiger partial charge in [0.15, 0.2) is 0 Å². The molecular formula is C22H21N5O2S. The highest BCUT2D eigenvalue weighted by atomic mass is 32.1. The number of amides is 1. The van der Waals surface area contributed by atoms with Gasteiger partial charge in [0.05, 0.1) is 17.6 Å². The summed E-state index contributed by atoms with van der Waals surface area (Å²) in [5.74, 6) is -0.402. The number of thiazole rings is 1. The fourth-order valence-electron chi connectivity index (χ4n) is 3.22. The van der Waals surface area contributed by atoms with Crippen LogP contribution in [0.2, 0.25) is 0 Å². The highest BCUT2D eigenvalue weighted by Crippen LogP contribution is 2.27. The number of nitrogens with one attached hydrogen (secondary N) is 1. The van der Waals surface area contributed by atoms with E-state index >= 15 is 0 Å². The molecule has 1 N–H and O–H groups in total. The lowest BCUT2D eigenvalue weighted by molar-refractivity contribution is 0.0949. The van der Waals surface area contributed by atoms with Gasteiger partial charge in [-0.1, -0.05) is 0 Å². The van der Waals surface area contributed by atoms with E-state index in [0.717, 1.165) is 26.8 Å². The third-order valence-corrected chi connectivity index (χ3v) is 6.06. The van der Waals surface area contributed by atoms with Crippen molar-refractivity contribution in [3.63, 3.8) is 0 Å². The number of rotatable bonds is 5. The molecule has 0 saturated carbocycles. The van der Waals surface area contributed by atoms with Crippen LogP contribution in [0.5, 0.6) is 0 Å². The Morgan fingerprint density at radius 2 is 2.03 bits per heavy atom. The van der Waals surface area contributed by atoms with E-state index in [9.17, 15) is 9.59 Å². The Bertz CT molecular complexity index is 1290. The van der Waals surface area contributed by atoms with Crippen molar-refractivity contribution in [2.24, 2.45) is 0 Å². The Morgan fingerprint density at radius 1 is 1.20 bits per heavy atom. The lowest BCUT2D eigenvalue weighted by atomic mass is 10.1. The molecule has 30 heavy (non-hydrogen) atoms. The Balaban J connectivity index is 1.60. The van der Waals surface area contributed by atoms with Crippen molar-refractivity contribution in [3.05, 3.63) is 74.9 Å². The van der Waals surface area contributed by atoms with E-state index in [4.69, 9.17) is 0 Å². The lowest BCUT2D eigenvalue weighted by Gasteiger charge is -2.11. The fourth-order valence-corrected chi connectivity index (χ4v) is 4.22. The minimum atomic E-state index is -0.402. The van der Waals surface area contributed by atoms with Crippen molar-refractivity contribution < 1.29 is 4.79 Å². The summed E-state index contributed by atoms with van der Waals surface area (Å²) in [6, 6.07) is 7.33. The summed E-state index contributed by atoms with van der Waals surface area (Å²) in [4.78, 5) is 39.8. The molecule has 4 rings (SSSR count). The molecule has 0 aliphatic rings. The van der Waals surface area contributed by atoms with E-state index < -0.39 is 5.91 Å². The van der Waals surface area contributed by atoms with Gasteiger partial charge in [0, 0.05) is 41.3 Å². The molecule has 0 aliphatic carbocycles. The normalized spacial score (nSPS) is 11.0. The monoisotopic (exact) mass is 419 g/mol. The summed E-state index contributed by atoms with van der Waals surface area (Å²) < 4.78 is 1.83. The van der Waals surface area contributed by atoms with Crippen LogP contribution in [0.4, 0.5) is 0 Å². The van der Waals surface area contributed by atoms with Gasteiger partial charge in [-0.2, -0.15) is 0 Å². The molecule has 7 nitrogen and oxygen atoms in total. The summed E-state index contributed by atoms with van der Waals surface area (Å²) >= 11 is 1.51. The Kier molecular flexibility index (Phi) is 5.41. The maximum absolute atomic E-state index is 12.9. The minimum Gasteiger partial charge on any atom is -0.347 e. The van der Waals surface area contributed by atoms with E-state index in [1.807, 2.05) is 37.5 Å². The van der Waals surface area contributed by atoms with E-state index in [2.05, 4.69) is 20.3 Å². The predicted octanol–water partition coefficient (Wildman–Crippen LogP) is 3.48. The number of pyridine rings is 3. The molecule has 0 aromatic carbocycles. The molecule has 152 valence electrons. The minimum absolute atomic E-state index is 0.115. The summed E-state index contributed by atoms with van der Waals surface area (Å²) in [6.45, 7) is 6.65. The number of hydrogen-bond donors (Lipinski definition) is 1. The number of aryl methyl sites for hydroxylation is 3. The number of hydrogen-bond acceptors (Lipinski definition) is 6. The van der Waals surface area contributed by atoms with Gasteiger partial charge in [0.1, 0.15) is 16.2 Å². The smallest absolute Gasteiger partial charge is 0.257 e. The average molecular weight is 420 g/mol. The molecule has 4 heterocycles. The molecule has 0 unspecified atom stereocenters. The molecule has 4 aromatic rings. The molecule has 1 amide bonds. The Morgan fingerprint density at radius 3 is 2.77 bits per heavy atom. The summed E-state index contributed by atoms with van der Waals surface area (Å²) in [5.41, 5.74) is 3.01. The second kappa shape index (κ2) is 8.16. The average Bonchev–Trinajstić information content (AvgIpc) is 3.13. The Hall–Kier alpha value is -3.39. The van der Waals surface area contributed by atoms with Crippen LogP contribution in [0.15, 0.2) is 47.7 Å². The molecule has 0 aliphatic heterocycles. The Labute approximate surface area is 177 Å². The molecule has 4 aromatic heterocycles.